The zero-order chi connectivity index (χ0) is 13.8. The number of carbonyl (C=O) groups excluding carboxylic acids is 2. The van der Waals surface area contributed by atoms with Crippen molar-refractivity contribution in [2.24, 2.45) is 5.92 Å². The van der Waals surface area contributed by atoms with Crippen LogP contribution in [0.3, 0.4) is 0 Å². The molecule has 0 spiro atoms. The predicted octanol–water partition coefficient (Wildman–Crippen LogP) is 3.48. The third-order valence-corrected chi connectivity index (χ3v) is 4.22. The molecule has 0 saturated carbocycles. The lowest BCUT2D eigenvalue weighted by Gasteiger charge is -2.15. The molecule has 0 aliphatic carbocycles. The molecular weight excluding hydrogens is 258 g/mol. The highest BCUT2D eigenvalue weighted by molar-refractivity contribution is 7.98. The largest absolute Gasteiger partial charge is 0.274 e. The summed E-state index contributed by atoms with van der Waals surface area (Å²) in [6.45, 7) is 2.10. The molecule has 19 heavy (non-hydrogen) atoms. The molecule has 2 amide bonds. The number of unbranched alkanes of at least 4 members (excludes halogenated alkanes) is 1. The number of hydrogen-bond acceptors (Lipinski definition) is 3. The van der Waals surface area contributed by atoms with E-state index in [1.807, 2.05) is 30.5 Å². The van der Waals surface area contributed by atoms with Gasteiger partial charge in [0.2, 0.25) is 11.8 Å². The third-order valence-electron chi connectivity index (χ3n) is 3.48. The molecule has 102 valence electrons. The zero-order valence-electron chi connectivity index (χ0n) is 11.4. The summed E-state index contributed by atoms with van der Waals surface area (Å²) in [5, 5.41) is 0. The summed E-state index contributed by atoms with van der Waals surface area (Å²) in [6, 6.07) is 7.59. The summed E-state index contributed by atoms with van der Waals surface area (Å²) >= 11 is 1.64. The van der Waals surface area contributed by atoms with Crippen LogP contribution < -0.4 is 4.90 Å². The van der Waals surface area contributed by atoms with Crippen molar-refractivity contribution in [2.45, 2.75) is 37.5 Å². The van der Waals surface area contributed by atoms with Crippen molar-refractivity contribution in [2.75, 3.05) is 11.2 Å². The molecule has 0 radical (unpaired) electrons. The van der Waals surface area contributed by atoms with E-state index < -0.39 is 0 Å². The topological polar surface area (TPSA) is 37.4 Å². The maximum absolute atomic E-state index is 12.3. The SMILES string of the molecule is CCCCC1CC(=O)N(c2ccc(SC)cc2)C1=O. The number of imide groups is 1. The van der Waals surface area contributed by atoms with E-state index in [1.165, 1.54) is 4.90 Å². The Balaban J connectivity index is 2.14. The van der Waals surface area contributed by atoms with Gasteiger partial charge in [-0.2, -0.15) is 0 Å². The molecule has 4 heteroatoms. The first-order chi connectivity index (χ1) is 9.17. The molecule has 1 heterocycles. The Kier molecular flexibility index (Phi) is 4.64. The number of thioether (sulfide) groups is 1. The molecule has 1 unspecified atom stereocenters. The first-order valence-electron chi connectivity index (χ1n) is 6.68. The van der Waals surface area contributed by atoms with E-state index in [1.54, 1.807) is 11.8 Å². The molecule has 1 aliphatic heterocycles. The summed E-state index contributed by atoms with van der Waals surface area (Å²) in [5.74, 6) is -0.217. The van der Waals surface area contributed by atoms with Gasteiger partial charge >= 0.3 is 0 Å². The number of carbonyl (C=O) groups is 2. The predicted molar refractivity (Wildman–Crippen MR) is 78.3 cm³/mol. The van der Waals surface area contributed by atoms with Gasteiger partial charge in [0.25, 0.3) is 0 Å². The zero-order valence-corrected chi connectivity index (χ0v) is 12.2. The van der Waals surface area contributed by atoms with Crippen molar-refractivity contribution < 1.29 is 9.59 Å². The van der Waals surface area contributed by atoms with Crippen LogP contribution in [0, 0.1) is 5.92 Å². The summed E-state index contributed by atoms with van der Waals surface area (Å²) in [5.41, 5.74) is 0.701. The van der Waals surface area contributed by atoms with E-state index >= 15 is 0 Å². The second-order valence-corrected chi connectivity index (χ2v) is 5.69. The average Bonchev–Trinajstić information content (AvgIpc) is 2.71. The maximum atomic E-state index is 12.3. The Morgan fingerprint density at radius 3 is 2.53 bits per heavy atom. The minimum absolute atomic E-state index is 0.0321. The fraction of sp³-hybridized carbons (Fsp3) is 0.467. The number of amides is 2. The highest BCUT2D eigenvalue weighted by Gasteiger charge is 2.38. The Bertz CT molecular complexity index is 470. The van der Waals surface area contributed by atoms with Gasteiger partial charge in [0, 0.05) is 17.2 Å². The van der Waals surface area contributed by atoms with Gasteiger partial charge in [-0.25, -0.2) is 0 Å². The van der Waals surface area contributed by atoms with Gasteiger partial charge < -0.3 is 0 Å². The fourth-order valence-electron chi connectivity index (χ4n) is 2.37. The van der Waals surface area contributed by atoms with Crippen LogP contribution in [-0.4, -0.2) is 18.1 Å². The average molecular weight is 277 g/mol. The molecule has 2 rings (SSSR count). The van der Waals surface area contributed by atoms with Gasteiger partial charge in [0.05, 0.1) is 5.69 Å². The minimum atomic E-state index is -0.118. The first kappa shape index (κ1) is 14.1. The van der Waals surface area contributed by atoms with Crippen LogP contribution >= 0.6 is 11.8 Å². The van der Waals surface area contributed by atoms with Crippen LogP contribution in [0.2, 0.25) is 0 Å². The van der Waals surface area contributed by atoms with E-state index in [4.69, 9.17) is 0 Å². The lowest BCUT2D eigenvalue weighted by molar-refractivity contribution is -0.122. The normalized spacial score (nSPS) is 19.3. The first-order valence-corrected chi connectivity index (χ1v) is 7.90. The monoisotopic (exact) mass is 277 g/mol. The third kappa shape index (κ3) is 3.00. The standard InChI is InChI=1S/C15H19NO2S/c1-3-4-5-11-10-14(17)16(15(11)18)12-6-8-13(19-2)9-7-12/h6-9,11H,3-5,10H2,1-2H3. The summed E-state index contributed by atoms with van der Waals surface area (Å²) in [6.07, 6.45) is 5.24. The molecule has 0 N–H and O–H groups in total. The van der Waals surface area contributed by atoms with Crippen LogP contribution in [-0.2, 0) is 9.59 Å². The van der Waals surface area contributed by atoms with E-state index in [9.17, 15) is 9.59 Å². The quantitative estimate of drug-likeness (QED) is 0.611. The summed E-state index contributed by atoms with van der Waals surface area (Å²) in [4.78, 5) is 26.8. The molecule has 1 saturated heterocycles. The van der Waals surface area contributed by atoms with Crippen molar-refractivity contribution >= 4 is 29.3 Å². The number of rotatable bonds is 5. The Labute approximate surface area is 118 Å². The lowest BCUT2D eigenvalue weighted by atomic mass is 10.0. The second-order valence-electron chi connectivity index (χ2n) is 4.81. The molecule has 1 aromatic rings. The van der Waals surface area contributed by atoms with E-state index in [0.29, 0.717) is 12.1 Å². The second kappa shape index (κ2) is 6.24. The minimum Gasteiger partial charge on any atom is -0.274 e. The van der Waals surface area contributed by atoms with Crippen molar-refractivity contribution in [3.63, 3.8) is 0 Å². The van der Waals surface area contributed by atoms with E-state index in [-0.39, 0.29) is 17.7 Å². The number of hydrogen-bond donors (Lipinski definition) is 0. The molecular formula is C15H19NO2S. The van der Waals surface area contributed by atoms with Crippen LogP contribution in [0.15, 0.2) is 29.2 Å². The fourth-order valence-corrected chi connectivity index (χ4v) is 2.78. The molecule has 1 aliphatic rings. The van der Waals surface area contributed by atoms with Gasteiger partial charge in [0.15, 0.2) is 0 Å². The highest BCUT2D eigenvalue weighted by Crippen LogP contribution is 2.30. The number of nitrogens with zero attached hydrogens (tertiary/aromatic N) is 1. The van der Waals surface area contributed by atoms with Crippen molar-refractivity contribution in [3.8, 4) is 0 Å². The van der Waals surface area contributed by atoms with Crippen LogP contribution in [0.25, 0.3) is 0 Å². The van der Waals surface area contributed by atoms with Crippen molar-refractivity contribution in [1.82, 2.24) is 0 Å². The van der Waals surface area contributed by atoms with Gasteiger partial charge in [-0.15, -0.1) is 11.8 Å². The van der Waals surface area contributed by atoms with E-state index in [2.05, 4.69) is 6.92 Å². The Morgan fingerprint density at radius 2 is 1.95 bits per heavy atom. The molecule has 0 aromatic heterocycles. The van der Waals surface area contributed by atoms with Gasteiger partial charge in [-0.3, -0.25) is 14.5 Å². The van der Waals surface area contributed by atoms with E-state index in [0.717, 1.165) is 24.2 Å². The Hall–Kier alpha value is -1.29. The highest BCUT2D eigenvalue weighted by atomic mass is 32.2. The smallest absolute Gasteiger partial charge is 0.237 e. The molecule has 0 bridgehead atoms. The summed E-state index contributed by atoms with van der Waals surface area (Å²) < 4.78 is 0. The molecule has 1 fully saturated rings. The van der Waals surface area contributed by atoms with Gasteiger partial charge in [0.1, 0.15) is 0 Å². The van der Waals surface area contributed by atoms with Crippen molar-refractivity contribution in [3.05, 3.63) is 24.3 Å². The molecule has 1 atom stereocenters. The molecule has 1 aromatic carbocycles. The van der Waals surface area contributed by atoms with Crippen LogP contribution in [0.5, 0.6) is 0 Å². The van der Waals surface area contributed by atoms with Crippen molar-refractivity contribution in [1.29, 1.82) is 0 Å². The van der Waals surface area contributed by atoms with Gasteiger partial charge in [-0.05, 0) is 36.9 Å². The van der Waals surface area contributed by atoms with Crippen LogP contribution in [0.1, 0.15) is 32.6 Å². The number of anilines is 1. The lowest BCUT2D eigenvalue weighted by Crippen LogP contribution is -2.30. The maximum Gasteiger partial charge on any atom is 0.237 e. The summed E-state index contributed by atoms with van der Waals surface area (Å²) in [7, 11) is 0. The molecule has 3 nitrogen and oxygen atoms in total. The van der Waals surface area contributed by atoms with Gasteiger partial charge in [-0.1, -0.05) is 19.8 Å². The number of benzene rings is 1. The Morgan fingerprint density at radius 1 is 1.26 bits per heavy atom. The van der Waals surface area contributed by atoms with Crippen LogP contribution in [0.4, 0.5) is 5.69 Å².